The molecule has 308 valence electrons. The smallest absolute Gasteiger partial charge is 0.200 e. The van der Waals surface area contributed by atoms with Crippen LogP contribution >= 0.6 is 0 Å². The molecule has 0 amide bonds. The highest BCUT2D eigenvalue weighted by Gasteiger charge is 2.34. The third-order valence-electron chi connectivity index (χ3n) is 9.88. The molecule has 5 heterocycles. The third-order valence-corrected chi connectivity index (χ3v) is 9.88. The number of aromatic nitrogens is 4. The van der Waals surface area contributed by atoms with Gasteiger partial charge in [0.2, 0.25) is 17.5 Å². The van der Waals surface area contributed by atoms with Gasteiger partial charge in [-0.3, -0.25) is 0 Å². The van der Waals surface area contributed by atoms with E-state index in [0.29, 0.717) is 0 Å². The van der Waals surface area contributed by atoms with E-state index < -0.39 is 154 Å². The summed E-state index contributed by atoms with van der Waals surface area (Å²) in [6.07, 6.45) is 1.70. The van der Waals surface area contributed by atoms with Gasteiger partial charge >= 0.3 is 0 Å². The highest BCUT2D eigenvalue weighted by Crippen LogP contribution is 2.44. The van der Waals surface area contributed by atoms with Crippen LogP contribution in [-0.2, 0) is 5.41 Å². The standard InChI is InChI=1S/C41H19F15N4/c1-41(2,3)11-10-18-12-4-5-13(57-12)19(22-25(42)31(48)37(54)32(49)26(22)43)14-6-7-15(58-14)20(23-27(44)33(50)38(55)34(51)28(23)45)16-8-9-17(59-16)21(40(11)60-18)24-29(46)35(52)39(56)36(53)30(24)47/h4-10,57-58,60H,1-3H3. The van der Waals surface area contributed by atoms with Gasteiger partial charge in [0.05, 0.1) is 44.6 Å². The number of H-pyrrole nitrogens is 3. The zero-order valence-corrected chi connectivity index (χ0v) is 30.2. The molecule has 4 nitrogen and oxygen atoms in total. The van der Waals surface area contributed by atoms with E-state index in [2.05, 4.69) is 19.9 Å². The summed E-state index contributed by atoms with van der Waals surface area (Å²) in [4.78, 5) is 12.2. The fourth-order valence-electron chi connectivity index (χ4n) is 7.08. The van der Waals surface area contributed by atoms with Crippen LogP contribution in [0.15, 0.2) is 30.3 Å². The summed E-state index contributed by atoms with van der Waals surface area (Å²) >= 11 is 0. The molecule has 0 spiro atoms. The third kappa shape index (κ3) is 5.76. The topological polar surface area (TPSA) is 60.3 Å². The molecule has 8 rings (SSSR count). The van der Waals surface area contributed by atoms with E-state index in [4.69, 9.17) is 0 Å². The maximum Gasteiger partial charge on any atom is 0.200 e. The minimum atomic E-state index is -2.60. The van der Waals surface area contributed by atoms with Crippen LogP contribution in [0, 0.1) is 87.3 Å². The van der Waals surface area contributed by atoms with Gasteiger partial charge in [0, 0.05) is 33.2 Å². The summed E-state index contributed by atoms with van der Waals surface area (Å²) in [5.74, 6) is -36.5. The van der Waals surface area contributed by atoms with Gasteiger partial charge in [0.1, 0.15) is 0 Å². The van der Waals surface area contributed by atoms with Gasteiger partial charge in [-0.05, 0) is 53.5 Å². The lowest BCUT2D eigenvalue weighted by molar-refractivity contribution is 0.381. The fraction of sp³-hybridized carbons (Fsp3) is 0.0976. The zero-order valence-electron chi connectivity index (χ0n) is 30.2. The SMILES string of the molecule is CC(C)(C)c1cc2[nH]c1c(-c1c(F)c(F)c(F)c(F)c1F)c1nc(c(-c3c(F)c(F)c(F)c(F)c3F)c3ccc([nH]3)c(-c3c(F)c(F)c(F)c(F)c3F)c3ccc2[nH]3)C=C1. The minimum absolute atomic E-state index is 0.0539. The summed E-state index contributed by atoms with van der Waals surface area (Å²) in [6, 6.07) is 5.37. The molecule has 0 radical (unpaired) electrons. The van der Waals surface area contributed by atoms with E-state index in [-0.39, 0.29) is 22.1 Å². The Morgan fingerprint density at radius 1 is 0.350 bits per heavy atom. The van der Waals surface area contributed by atoms with Gasteiger partial charge in [0.15, 0.2) is 69.8 Å². The molecular formula is C41H19F15N4. The largest absolute Gasteiger partial charge is 0.354 e. The van der Waals surface area contributed by atoms with Gasteiger partial charge < -0.3 is 15.0 Å². The van der Waals surface area contributed by atoms with Crippen LogP contribution in [0.25, 0.3) is 78.6 Å². The Balaban J connectivity index is 1.70. The van der Waals surface area contributed by atoms with E-state index in [1.165, 1.54) is 12.1 Å². The predicted octanol–water partition coefficient (Wildman–Crippen LogP) is 13.1. The van der Waals surface area contributed by atoms with Crippen LogP contribution in [0.4, 0.5) is 65.9 Å². The zero-order chi connectivity index (χ0) is 43.6. The first-order chi connectivity index (χ1) is 28.1. The van der Waals surface area contributed by atoms with Crippen molar-refractivity contribution in [1.82, 2.24) is 19.9 Å². The van der Waals surface area contributed by atoms with Crippen molar-refractivity contribution in [1.29, 1.82) is 0 Å². The lowest BCUT2D eigenvalue weighted by Gasteiger charge is -2.19. The predicted molar refractivity (Wildman–Crippen MR) is 190 cm³/mol. The minimum Gasteiger partial charge on any atom is -0.354 e. The summed E-state index contributed by atoms with van der Waals surface area (Å²) in [5.41, 5.74) is -12.3. The summed E-state index contributed by atoms with van der Waals surface area (Å²) < 4.78 is 227. The van der Waals surface area contributed by atoms with E-state index >= 15 is 26.3 Å². The average molecular weight is 853 g/mol. The number of nitrogens with one attached hydrogen (secondary N) is 3. The van der Waals surface area contributed by atoms with Crippen molar-refractivity contribution < 1.29 is 65.9 Å². The number of nitrogens with zero attached hydrogens (tertiary/aromatic N) is 1. The molecule has 0 fully saturated rings. The Morgan fingerprint density at radius 3 is 1.08 bits per heavy atom. The Hall–Kier alpha value is -6.66. The highest BCUT2D eigenvalue weighted by molar-refractivity contribution is 6.01. The van der Waals surface area contributed by atoms with Crippen molar-refractivity contribution >= 4 is 45.3 Å². The molecule has 8 bridgehead atoms. The molecule has 0 unspecified atom stereocenters. The van der Waals surface area contributed by atoms with Gasteiger partial charge in [-0.1, -0.05) is 20.8 Å². The van der Waals surface area contributed by atoms with E-state index in [0.717, 1.165) is 30.4 Å². The Morgan fingerprint density at radius 2 is 0.667 bits per heavy atom. The van der Waals surface area contributed by atoms with Crippen LogP contribution in [0.1, 0.15) is 37.7 Å². The van der Waals surface area contributed by atoms with Crippen LogP contribution in [0.5, 0.6) is 0 Å². The molecule has 7 aromatic rings. The second-order valence-corrected chi connectivity index (χ2v) is 14.5. The second kappa shape index (κ2) is 13.7. The second-order valence-electron chi connectivity index (χ2n) is 14.5. The van der Waals surface area contributed by atoms with Gasteiger partial charge in [-0.15, -0.1) is 0 Å². The Bertz CT molecular complexity index is 3120. The quantitative estimate of drug-likeness (QED) is 0.0925. The van der Waals surface area contributed by atoms with E-state index in [1.54, 1.807) is 20.8 Å². The van der Waals surface area contributed by atoms with Gasteiger partial charge in [-0.2, -0.15) is 0 Å². The van der Waals surface area contributed by atoms with Crippen LogP contribution < -0.4 is 0 Å². The monoisotopic (exact) mass is 852 g/mol. The molecule has 0 saturated heterocycles. The summed E-state index contributed by atoms with van der Waals surface area (Å²) in [6.45, 7) is 4.69. The molecule has 19 heteroatoms. The maximum absolute atomic E-state index is 15.9. The first kappa shape index (κ1) is 40.1. The van der Waals surface area contributed by atoms with Crippen molar-refractivity contribution in [2.75, 3.05) is 0 Å². The Kier molecular flexibility index (Phi) is 9.17. The molecule has 0 atom stereocenters. The average Bonchev–Trinajstić information content (AvgIpc) is 4.05. The lowest BCUT2D eigenvalue weighted by Crippen LogP contribution is -2.11. The van der Waals surface area contributed by atoms with E-state index in [9.17, 15) is 39.5 Å². The van der Waals surface area contributed by atoms with Crippen molar-refractivity contribution in [3.8, 4) is 33.4 Å². The number of halogens is 15. The number of hydrogen-bond acceptors (Lipinski definition) is 1. The number of aromatic amines is 3. The molecule has 3 N–H and O–H groups in total. The molecule has 1 aliphatic rings. The maximum atomic E-state index is 15.9. The molecule has 3 aromatic carbocycles. The van der Waals surface area contributed by atoms with Gasteiger partial charge in [0.25, 0.3) is 0 Å². The number of benzene rings is 3. The summed E-state index contributed by atoms with van der Waals surface area (Å²) in [7, 11) is 0. The highest BCUT2D eigenvalue weighted by atomic mass is 19.2. The van der Waals surface area contributed by atoms with Gasteiger partial charge in [-0.25, -0.2) is 70.8 Å². The summed E-state index contributed by atoms with van der Waals surface area (Å²) in [5, 5.41) is 0. The molecular weight excluding hydrogens is 833 g/mol. The first-order valence-electron chi connectivity index (χ1n) is 17.1. The molecule has 4 aromatic heterocycles. The van der Waals surface area contributed by atoms with Crippen molar-refractivity contribution in [3.63, 3.8) is 0 Å². The lowest BCUT2D eigenvalue weighted by atomic mass is 9.85. The molecule has 1 aliphatic heterocycles. The van der Waals surface area contributed by atoms with Crippen molar-refractivity contribution in [2.45, 2.75) is 26.2 Å². The first-order valence-corrected chi connectivity index (χ1v) is 17.1. The van der Waals surface area contributed by atoms with Crippen LogP contribution in [0.2, 0.25) is 0 Å². The normalized spacial score (nSPS) is 12.4. The van der Waals surface area contributed by atoms with E-state index in [1.807, 2.05) is 0 Å². The number of rotatable bonds is 3. The number of hydrogen-bond donors (Lipinski definition) is 3. The van der Waals surface area contributed by atoms with Crippen LogP contribution in [0.3, 0.4) is 0 Å². The Labute approximate surface area is 325 Å². The van der Waals surface area contributed by atoms with Crippen molar-refractivity contribution in [3.05, 3.63) is 135 Å². The molecule has 0 saturated carbocycles. The number of fused-ring (bicyclic) bond motifs is 9. The molecule has 0 aliphatic carbocycles. The van der Waals surface area contributed by atoms with Crippen LogP contribution in [-0.4, -0.2) is 19.9 Å². The fourth-order valence-corrected chi connectivity index (χ4v) is 7.08. The van der Waals surface area contributed by atoms with Crippen molar-refractivity contribution in [2.24, 2.45) is 0 Å². The molecule has 60 heavy (non-hydrogen) atoms.